The Kier molecular flexibility index (Phi) is 4.04. The number of nitriles is 1. The summed E-state index contributed by atoms with van der Waals surface area (Å²) in [4.78, 5) is 11.4. The molecule has 4 heterocycles. The second-order valence-corrected chi connectivity index (χ2v) is 6.26. The van der Waals surface area contributed by atoms with Crippen molar-refractivity contribution in [3.05, 3.63) is 42.4 Å². The van der Waals surface area contributed by atoms with Crippen LogP contribution in [0.15, 0.2) is 36.8 Å². The second kappa shape index (κ2) is 6.49. The monoisotopic (exact) mass is 333 g/mol. The number of anilines is 1. The van der Waals surface area contributed by atoms with E-state index in [4.69, 9.17) is 10.2 Å². The zero-order chi connectivity index (χ0) is 17.2. The van der Waals surface area contributed by atoms with Crippen LogP contribution in [0, 0.1) is 11.3 Å². The first kappa shape index (κ1) is 15.5. The number of hydrogen-bond donors (Lipinski definition) is 1. The summed E-state index contributed by atoms with van der Waals surface area (Å²) in [5.41, 5.74) is 2.25. The van der Waals surface area contributed by atoms with Gasteiger partial charge in [-0.3, -0.25) is 0 Å². The second-order valence-electron chi connectivity index (χ2n) is 6.26. The van der Waals surface area contributed by atoms with Crippen LogP contribution in [-0.4, -0.2) is 45.8 Å². The van der Waals surface area contributed by atoms with Crippen LogP contribution in [0.2, 0.25) is 0 Å². The van der Waals surface area contributed by atoms with Gasteiger partial charge in [-0.05, 0) is 37.6 Å². The van der Waals surface area contributed by atoms with E-state index in [2.05, 4.69) is 33.4 Å². The Labute approximate surface area is 145 Å². The quantitative estimate of drug-likeness (QED) is 0.788. The molecular formula is C18H19N7. The molecule has 3 aromatic heterocycles. The summed E-state index contributed by atoms with van der Waals surface area (Å²) >= 11 is 0. The zero-order valence-corrected chi connectivity index (χ0v) is 14.1. The average Bonchev–Trinajstić information content (AvgIpc) is 3.11. The van der Waals surface area contributed by atoms with Gasteiger partial charge in [0.15, 0.2) is 5.82 Å². The molecule has 1 saturated heterocycles. The lowest BCUT2D eigenvalue weighted by Crippen LogP contribution is -2.44. The van der Waals surface area contributed by atoms with Crippen LogP contribution in [0.4, 0.5) is 5.82 Å². The Morgan fingerprint density at radius 1 is 1.40 bits per heavy atom. The van der Waals surface area contributed by atoms with Gasteiger partial charge in [0.05, 0.1) is 28.9 Å². The first-order chi connectivity index (χ1) is 12.3. The molecule has 3 aromatic rings. The first-order valence-corrected chi connectivity index (χ1v) is 8.41. The minimum atomic E-state index is 0.436. The van der Waals surface area contributed by atoms with Crippen molar-refractivity contribution in [3.63, 3.8) is 0 Å². The van der Waals surface area contributed by atoms with Crippen LogP contribution in [0.5, 0.6) is 0 Å². The van der Waals surface area contributed by atoms with Gasteiger partial charge in [-0.2, -0.15) is 10.4 Å². The highest BCUT2D eigenvalue weighted by molar-refractivity contribution is 5.77. The van der Waals surface area contributed by atoms with Gasteiger partial charge in [0, 0.05) is 32.0 Å². The number of nitrogens with one attached hydrogen (secondary N) is 1. The minimum absolute atomic E-state index is 0.436. The molecule has 1 fully saturated rings. The normalized spacial score (nSPS) is 17.4. The number of aromatic nitrogens is 4. The molecule has 0 saturated carbocycles. The molecule has 126 valence electrons. The van der Waals surface area contributed by atoms with Gasteiger partial charge in [0.2, 0.25) is 0 Å². The molecule has 1 N–H and O–H groups in total. The Morgan fingerprint density at radius 2 is 2.32 bits per heavy atom. The third kappa shape index (κ3) is 2.92. The number of pyridine rings is 1. The summed E-state index contributed by atoms with van der Waals surface area (Å²) in [6, 6.07) is 8.09. The number of rotatable bonds is 3. The molecule has 1 atom stereocenters. The fraction of sp³-hybridized carbons (Fsp3) is 0.333. The molecule has 0 spiro atoms. The maximum absolute atomic E-state index is 9.13. The topological polar surface area (TPSA) is 82.1 Å². The lowest BCUT2D eigenvalue weighted by atomic mass is 10.1. The van der Waals surface area contributed by atoms with E-state index in [9.17, 15) is 0 Å². The van der Waals surface area contributed by atoms with Gasteiger partial charge in [0.25, 0.3) is 0 Å². The molecule has 0 amide bonds. The molecule has 0 aromatic carbocycles. The highest BCUT2D eigenvalue weighted by atomic mass is 15.2. The van der Waals surface area contributed by atoms with Crippen molar-refractivity contribution in [2.75, 3.05) is 25.0 Å². The van der Waals surface area contributed by atoms with Crippen molar-refractivity contribution >= 4 is 11.3 Å². The molecule has 0 unspecified atom stereocenters. The van der Waals surface area contributed by atoms with Crippen LogP contribution >= 0.6 is 0 Å². The Morgan fingerprint density at radius 3 is 3.12 bits per heavy atom. The summed E-state index contributed by atoms with van der Waals surface area (Å²) < 4.78 is 1.74. The van der Waals surface area contributed by atoms with Gasteiger partial charge in [-0.25, -0.2) is 14.5 Å². The van der Waals surface area contributed by atoms with Crippen molar-refractivity contribution < 1.29 is 0 Å². The molecule has 0 bridgehead atoms. The Bertz CT molecular complexity index is 934. The fourth-order valence-electron chi connectivity index (χ4n) is 3.25. The Balaban J connectivity index is 1.71. The smallest absolute Gasteiger partial charge is 0.165 e. The van der Waals surface area contributed by atoms with Crippen molar-refractivity contribution in [1.29, 1.82) is 5.26 Å². The van der Waals surface area contributed by atoms with E-state index in [0.717, 1.165) is 36.4 Å². The van der Waals surface area contributed by atoms with E-state index in [-0.39, 0.29) is 0 Å². The van der Waals surface area contributed by atoms with E-state index in [1.54, 1.807) is 29.2 Å². The molecule has 0 radical (unpaired) electrons. The van der Waals surface area contributed by atoms with E-state index in [1.807, 2.05) is 12.1 Å². The molecule has 7 nitrogen and oxygen atoms in total. The van der Waals surface area contributed by atoms with Crippen molar-refractivity contribution in [2.24, 2.45) is 0 Å². The first-order valence-electron chi connectivity index (χ1n) is 8.41. The lowest BCUT2D eigenvalue weighted by molar-refractivity contribution is 0.443. The third-order valence-electron chi connectivity index (χ3n) is 4.71. The van der Waals surface area contributed by atoms with Gasteiger partial charge in [-0.1, -0.05) is 0 Å². The molecule has 25 heavy (non-hydrogen) atoms. The van der Waals surface area contributed by atoms with E-state index in [0.29, 0.717) is 17.4 Å². The van der Waals surface area contributed by atoms with Crippen LogP contribution in [0.3, 0.4) is 0 Å². The SMILES string of the molecule is CN(c1ccnc(-c2cnn3ccc(C#N)cc23)n1)[C@@H]1CCCNC1. The fourth-order valence-corrected chi connectivity index (χ4v) is 3.25. The molecule has 4 rings (SSSR count). The number of likely N-dealkylation sites (N-methyl/N-ethyl adjacent to an activating group) is 1. The summed E-state index contributed by atoms with van der Waals surface area (Å²) in [7, 11) is 2.08. The largest absolute Gasteiger partial charge is 0.355 e. The maximum Gasteiger partial charge on any atom is 0.165 e. The number of hydrogen-bond acceptors (Lipinski definition) is 6. The van der Waals surface area contributed by atoms with E-state index >= 15 is 0 Å². The molecular weight excluding hydrogens is 314 g/mol. The predicted molar refractivity (Wildman–Crippen MR) is 95.2 cm³/mol. The molecule has 0 aliphatic carbocycles. The third-order valence-corrected chi connectivity index (χ3v) is 4.71. The summed E-state index contributed by atoms with van der Waals surface area (Å²) in [5.74, 6) is 1.52. The van der Waals surface area contributed by atoms with Crippen LogP contribution < -0.4 is 10.2 Å². The van der Waals surface area contributed by atoms with Crippen LogP contribution in [0.1, 0.15) is 18.4 Å². The van der Waals surface area contributed by atoms with Crippen LogP contribution in [-0.2, 0) is 0 Å². The summed E-state index contributed by atoms with van der Waals surface area (Å²) in [6.45, 7) is 2.06. The average molecular weight is 333 g/mol. The number of nitrogens with zero attached hydrogens (tertiary/aromatic N) is 6. The van der Waals surface area contributed by atoms with E-state index in [1.165, 1.54) is 6.42 Å². The zero-order valence-electron chi connectivity index (χ0n) is 14.1. The molecule has 7 heteroatoms. The summed E-state index contributed by atoms with van der Waals surface area (Å²) in [6.07, 6.45) is 7.64. The highest BCUT2D eigenvalue weighted by Crippen LogP contribution is 2.24. The number of piperidine rings is 1. The van der Waals surface area contributed by atoms with Gasteiger partial charge < -0.3 is 10.2 Å². The molecule has 1 aliphatic rings. The van der Waals surface area contributed by atoms with Crippen molar-refractivity contribution in [2.45, 2.75) is 18.9 Å². The number of fused-ring (bicyclic) bond motifs is 1. The van der Waals surface area contributed by atoms with Gasteiger partial charge >= 0.3 is 0 Å². The maximum atomic E-state index is 9.13. The van der Waals surface area contributed by atoms with Gasteiger partial charge in [0.1, 0.15) is 5.82 Å². The Hall–Kier alpha value is -2.98. The van der Waals surface area contributed by atoms with Crippen molar-refractivity contribution in [3.8, 4) is 17.5 Å². The minimum Gasteiger partial charge on any atom is -0.355 e. The lowest BCUT2D eigenvalue weighted by Gasteiger charge is -2.32. The standard InChI is InChI=1S/C18H19N7/c1-24(14-3-2-6-20-11-14)17-4-7-21-18(23-17)15-12-22-25-8-5-13(10-19)9-16(15)25/h4-5,7-9,12,14,20H,2-3,6,11H2,1H3/t14-/m1/s1. The van der Waals surface area contributed by atoms with Crippen molar-refractivity contribution in [1.82, 2.24) is 24.9 Å². The van der Waals surface area contributed by atoms with Crippen LogP contribution in [0.25, 0.3) is 16.9 Å². The highest BCUT2D eigenvalue weighted by Gasteiger charge is 2.20. The molecule has 1 aliphatic heterocycles. The van der Waals surface area contributed by atoms with Gasteiger partial charge in [-0.15, -0.1) is 0 Å². The summed E-state index contributed by atoms with van der Waals surface area (Å²) in [5, 5.41) is 16.9. The predicted octanol–water partition coefficient (Wildman–Crippen LogP) is 1.85. The van der Waals surface area contributed by atoms with E-state index < -0.39 is 0 Å².